The molecule has 0 spiro atoms. The zero-order chi connectivity index (χ0) is 22.8. The summed E-state index contributed by atoms with van der Waals surface area (Å²) >= 11 is 0. The van der Waals surface area contributed by atoms with Crippen LogP contribution >= 0.6 is 0 Å². The summed E-state index contributed by atoms with van der Waals surface area (Å²) in [5.41, 5.74) is 1.21. The van der Waals surface area contributed by atoms with Gasteiger partial charge in [-0.3, -0.25) is 4.90 Å². The van der Waals surface area contributed by atoms with E-state index in [1.54, 1.807) is 0 Å². The molecule has 4 rings (SSSR count). The molecule has 9 heteroatoms. The molecule has 0 amide bonds. The monoisotopic (exact) mass is 477 g/mol. The number of piperazine rings is 1. The van der Waals surface area contributed by atoms with Crippen molar-refractivity contribution in [1.82, 2.24) is 13.5 Å². The number of hydrogen-bond donors (Lipinski definition) is 0. The molecular weight excluding hydrogens is 446 g/mol. The van der Waals surface area contributed by atoms with E-state index < -0.39 is 20.0 Å². The maximum Gasteiger partial charge on any atom is 0.243 e. The number of piperidine rings is 1. The van der Waals surface area contributed by atoms with Crippen LogP contribution in [0.25, 0.3) is 0 Å². The molecule has 2 aliphatic rings. The molecule has 174 valence electrons. The summed E-state index contributed by atoms with van der Waals surface area (Å²) in [5.74, 6) is 0.530. The fourth-order valence-electron chi connectivity index (χ4n) is 4.28. The van der Waals surface area contributed by atoms with Crippen LogP contribution < -0.4 is 0 Å². The minimum absolute atomic E-state index is 0.139. The Morgan fingerprint density at radius 3 is 1.66 bits per heavy atom. The largest absolute Gasteiger partial charge is 0.296 e. The lowest BCUT2D eigenvalue weighted by atomic mass is 10.0. The van der Waals surface area contributed by atoms with Gasteiger partial charge in [-0.1, -0.05) is 37.3 Å². The number of rotatable bonds is 6. The Morgan fingerprint density at radius 2 is 1.16 bits per heavy atom. The van der Waals surface area contributed by atoms with Crippen molar-refractivity contribution < 1.29 is 16.8 Å². The van der Waals surface area contributed by atoms with Crippen molar-refractivity contribution in [3.63, 3.8) is 0 Å². The smallest absolute Gasteiger partial charge is 0.243 e. The van der Waals surface area contributed by atoms with Crippen molar-refractivity contribution in [3.8, 4) is 0 Å². The van der Waals surface area contributed by atoms with E-state index in [1.165, 1.54) is 38.4 Å². The van der Waals surface area contributed by atoms with Gasteiger partial charge in [0.1, 0.15) is 0 Å². The Balaban J connectivity index is 1.40. The summed E-state index contributed by atoms with van der Waals surface area (Å²) in [7, 11) is -7.25. The molecule has 0 atom stereocenters. The molecule has 2 aromatic rings. The van der Waals surface area contributed by atoms with Crippen LogP contribution in [-0.2, 0) is 26.6 Å². The molecule has 0 bridgehead atoms. The van der Waals surface area contributed by atoms with Crippen LogP contribution in [0.2, 0.25) is 0 Å². The third kappa shape index (κ3) is 5.07. The van der Waals surface area contributed by atoms with E-state index in [0.717, 1.165) is 19.4 Å². The first-order valence-electron chi connectivity index (χ1n) is 11.1. The lowest BCUT2D eigenvalue weighted by Crippen LogP contribution is -2.48. The van der Waals surface area contributed by atoms with Crippen molar-refractivity contribution in [2.24, 2.45) is 5.92 Å². The van der Waals surface area contributed by atoms with Gasteiger partial charge in [-0.05, 0) is 48.6 Å². The highest BCUT2D eigenvalue weighted by molar-refractivity contribution is 7.89. The number of benzene rings is 2. The van der Waals surface area contributed by atoms with Gasteiger partial charge in [-0.25, -0.2) is 16.8 Å². The third-order valence-electron chi connectivity index (χ3n) is 6.42. The highest BCUT2D eigenvalue weighted by Gasteiger charge is 2.31. The van der Waals surface area contributed by atoms with Crippen LogP contribution in [0.1, 0.15) is 25.3 Å². The average Bonchev–Trinajstić information content (AvgIpc) is 2.80. The Labute approximate surface area is 191 Å². The second-order valence-electron chi connectivity index (χ2n) is 8.72. The van der Waals surface area contributed by atoms with Crippen LogP contribution in [0.15, 0.2) is 64.4 Å². The van der Waals surface area contributed by atoms with Crippen molar-refractivity contribution >= 4 is 20.0 Å². The predicted octanol–water partition coefficient (Wildman–Crippen LogP) is 2.61. The molecule has 32 heavy (non-hydrogen) atoms. The van der Waals surface area contributed by atoms with Gasteiger partial charge in [0.05, 0.1) is 9.79 Å². The van der Waals surface area contributed by atoms with E-state index in [2.05, 4.69) is 24.0 Å². The highest BCUT2D eigenvalue weighted by Crippen LogP contribution is 2.25. The first-order chi connectivity index (χ1) is 15.3. The van der Waals surface area contributed by atoms with Gasteiger partial charge in [0, 0.05) is 45.8 Å². The Morgan fingerprint density at radius 1 is 0.688 bits per heavy atom. The predicted molar refractivity (Wildman–Crippen MR) is 124 cm³/mol. The highest BCUT2D eigenvalue weighted by atomic mass is 32.2. The SMILES string of the molecule is CC1CCN(S(=O)(=O)c2ccc(S(=O)(=O)N3CCN(Cc4ccccc4)CC3)cc2)CC1. The molecule has 2 aromatic carbocycles. The molecule has 2 heterocycles. The summed E-state index contributed by atoms with van der Waals surface area (Å²) in [5, 5.41) is 0. The first-order valence-corrected chi connectivity index (χ1v) is 14.0. The van der Waals surface area contributed by atoms with Crippen LogP contribution in [0, 0.1) is 5.92 Å². The Hall–Kier alpha value is -1.78. The van der Waals surface area contributed by atoms with Gasteiger partial charge >= 0.3 is 0 Å². The summed E-state index contributed by atoms with van der Waals surface area (Å²) < 4.78 is 55.0. The normalized spacial score (nSPS) is 20.4. The molecule has 0 saturated carbocycles. The average molecular weight is 478 g/mol. The summed E-state index contributed by atoms with van der Waals surface area (Å²) in [6.07, 6.45) is 1.70. The van der Waals surface area contributed by atoms with E-state index in [9.17, 15) is 16.8 Å². The maximum atomic E-state index is 13.1. The zero-order valence-electron chi connectivity index (χ0n) is 18.4. The van der Waals surface area contributed by atoms with Gasteiger partial charge in [0.25, 0.3) is 0 Å². The fourth-order valence-corrected chi connectivity index (χ4v) is 7.17. The second kappa shape index (κ2) is 9.61. The van der Waals surface area contributed by atoms with Gasteiger partial charge < -0.3 is 0 Å². The van der Waals surface area contributed by atoms with Crippen molar-refractivity contribution in [3.05, 3.63) is 60.2 Å². The minimum atomic E-state index is -3.65. The van der Waals surface area contributed by atoms with Gasteiger partial charge in [0.15, 0.2) is 0 Å². The Bertz CT molecular complexity index is 1100. The molecule has 0 aromatic heterocycles. The Kier molecular flexibility index (Phi) is 7.02. The van der Waals surface area contributed by atoms with E-state index in [4.69, 9.17) is 0 Å². The summed E-state index contributed by atoms with van der Waals surface area (Å²) in [6, 6.07) is 15.8. The molecule has 0 N–H and O–H groups in total. The van der Waals surface area contributed by atoms with E-state index in [-0.39, 0.29) is 9.79 Å². The molecule has 7 nitrogen and oxygen atoms in total. The number of nitrogens with zero attached hydrogens (tertiary/aromatic N) is 3. The van der Waals surface area contributed by atoms with Crippen LogP contribution in [0.4, 0.5) is 0 Å². The van der Waals surface area contributed by atoms with E-state index >= 15 is 0 Å². The van der Waals surface area contributed by atoms with Crippen molar-refractivity contribution in [2.45, 2.75) is 36.1 Å². The number of sulfonamides is 2. The first kappa shape index (κ1) is 23.4. The molecule has 2 saturated heterocycles. The second-order valence-corrected chi connectivity index (χ2v) is 12.6. The van der Waals surface area contributed by atoms with E-state index in [1.807, 2.05) is 18.2 Å². The molecule has 2 fully saturated rings. The maximum absolute atomic E-state index is 13.1. The molecule has 0 aliphatic carbocycles. The fraction of sp³-hybridized carbons (Fsp3) is 0.478. The number of hydrogen-bond acceptors (Lipinski definition) is 5. The standard InChI is InChI=1S/C23H31N3O4S2/c1-20-11-13-25(14-12-20)31(27,28)22-7-9-23(10-8-22)32(29,30)26-17-15-24(16-18-26)19-21-5-3-2-4-6-21/h2-10,20H,11-19H2,1H3. The third-order valence-corrected chi connectivity index (χ3v) is 10.2. The van der Waals surface area contributed by atoms with Crippen LogP contribution in [0.3, 0.4) is 0 Å². The molecule has 2 aliphatic heterocycles. The summed E-state index contributed by atoms with van der Waals surface area (Å²) in [6.45, 7) is 6.11. The lowest BCUT2D eigenvalue weighted by Gasteiger charge is -2.34. The molecule has 0 unspecified atom stereocenters. The molecule has 0 radical (unpaired) electrons. The topological polar surface area (TPSA) is 78.0 Å². The van der Waals surface area contributed by atoms with E-state index in [0.29, 0.717) is 45.2 Å². The van der Waals surface area contributed by atoms with Crippen molar-refractivity contribution in [2.75, 3.05) is 39.3 Å². The van der Waals surface area contributed by atoms with Crippen LogP contribution in [-0.4, -0.2) is 69.6 Å². The lowest BCUT2D eigenvalue weighted by molar-refractivity contribution is 0.181. The van der Waals surface area contributed by atoms with Gasteiger partial charge in [-0.2, -0.15) is 8.61 Å². The van der Waals surface area contributed by atoms with Crippen molar-refractivity contribution in [1.29, 1.82) is 0 Å². The minimum Gasteiger partial charge on any atom is -0.296 e. The quantitative estimate of drug-likeness (QED) is 0.639. The summed E-state index contributed by atoms with van der Waals surface area (Å²) in [4.78, 5) is 2.54. The van der Waals surface area contributed by atoms with Gasteiger partial charge in [-0.15, -0.1) is 0 Å². The molecular formula is C23H31N3O4S2. The zero-order valence-corrected chi connectivity index (χ0v) is 20.1. The van der Waals surface area contributed by atoms with Gasteiger partial charge in [0.2, 0.25) is 20.0 Å². The van der Waals surface area contributed by atoms with Crippen LogP contribution in [0.5, 0.6) is 0 Å².